The summed E-state index contributed by atoms with van der Waals surface area (Å²) in [5.74, 6) is 1.84. The van der Waals surface area contributed by atoms with Crippen LogP contribution < -0.4 is 0 Å². The molecule has 0 N–H and O–H groups in total. The van der Waals surface area contributed by atoms with Crippen molar-refractivity contribution in [2.24, 2.45) is 0 Å². The summed E-state index contributed by atoms with van der Waals surface area (Å²) in [6.45, 7) is 3.87. The van der Waals surface area contributed by atoms with Gasteiger partial charge in [0.2, 0.25) is 5.78 Å². The van der Waals surface area contributed by atoms with Crippen LogP contribution in [0.25, 0.3) is 0 Å². The number of benzene rings is 1. The quantitative estimate of drug-likeness (QED) is 0.417. The molecule has 0 aliphatic rings. The molecule has 0 saturated heterocycles. The minimum absolute atomic E-state index is 0.265. The van der Waals surface area contributed by atoms with Crippen LogP contribution >= 0.6 is 15.9 Å². The van der Waals surface area contributed by atoms with Gasteiger partial charge in [0.25, 0.3) is 0 Å². The van der Waals surface area contributed by atoms with Gasteiger partial charge in [-0.15, -0.1) is 6.42 Å². The lowest BCUT2D eigenvalue weighted by Crippen LogP contribution is -1.96. The Bertz CT molecular complexity index is 376. The lowest BCUT2D eigenvalue weighted by atomic mass is 10.0. The molecule has 0 aliphatic heterocycles. The summed E-state index contributed by atoms with van der Waals surface area (Å²) >= 11 is 3.42. The van der Waals surface area contributed by atoms with Crippen LogP contribution in [0.4, 0.5) is 0 Å². The number of terminal acetylenes is 1. The second kappa shape index (κ2) is 3.76. The van der Waals surface area contributed by atoms with Crippen LogP contribution in [0, 0.1) is 26.2 Å². The van der Waals surface area contributed by atoms with Gasteiger partial charge in [-0.3, -0.25) is 4.79 Å². The maximum Gasteiger partial charge on any atom is 0.235 e. The Morgan fingerprint density at radius 2 is 1.85 bits per heavy atom. The molecule has 0 heterocycles. The molecule has 0 spiro atoms. The predicted octanol–water partition coefficient (Wildman–Crippen LogP) is 2.88. The minimum Gasteiger partial charge on any atom is -0.279 e. The molecule has 66 valence electrons. The van der Waals surface area contributed by atoms with Crippen molar-refractivity contribution in [1.29, 1.82) is 0 Å². The number of ketones is 1. The first-order valence-corrected chi connectivity index (χ1v) is 4.63. The first-order valence-electron chi connectivity index (χ1n) is 3.84. The Morgan fingerprint density at radius 3 is 2.23 bits per heavy atom. The number of carbonyl (C=O) groups excluding carboxylic acids is 1. The average molecular weight is 237 g/mol. The standard InChI is InChI=1S/C11H9BrO/c1-4-10(13)9-5-7(2)11(12)8(3)6-9/h1,5-6H,2-3H3. The van der Waals surface area contributed by atoms with Crippen molar-refractivity contribution in [2.45, 2.75) is 13.8 Å². The Labute approximate surface area is 86.3 Å². The third-order valence-corrected chi connectivity index (χ3v) is 3.08. The van der Waals surface area contributed by atoms with E-state index in [0.29, 0.717) is 5.56 Å². The monoisotopic (exact) mass is 236 g/mol. The maximum atomic E-state index is 11.2. The lowest BCUT2D eigenvalue weighted by molar-refractivity contribution is 0.105. The zero-order valence-corrected chi connectivity index (χ0v) is 9.10. The summed E-state index contributed by atoms with van der Waals surface area (Å²) in [5.41, 5.74) is 2.64. The normalized spacial score (nSPS) is 9.38. The molecule has 2 heteroatoms. The number of rotatable bonds is 1. The first kappa shape index (κ1) is 10.0. The predicted molar refractivity (Wildman–Crippen MR) is 56.8 cm³/mol. The van der Waals surface area contributed by atoms with Gasteiger partial charge in [-0.25, -0.2) is 0 Å². The summed E-state index contributed by atoms with van der Waals surface area (Å²) < 4.78 is 1.03. The fourth-order valence-corrected chi connectivity index (χ4v) is 1.39. The Hall–Kier alpha value is -1.07. The van der Waals surface area contributed by atoms with Gasteiger partial charge < -0.3 is 0 Å². The van der Waals surface area contributed by atoms with E-state index in [0.717, 1.165) is 15.6 Å². The van der Waals surface area contributed by atoms with E-state index in [4.69, 9.17) is 6.42 Å². The van der Waals surface area contributed by atoms with Gasteiger partial charge in [-0.05, 0) is 43.0 Å². The average Bonchev–Trinajstić information content (AvgIpc) is 2.12. The van der Waals surface area contributed by atoms with E-state index in [-0.39, 0.29) is 5.78 Å². The number of Topliss-reactive ketones (excluding diaryl/α,β-unsaturated/α-hetero) is 1. The van der Waals surface area contributed by atoms with E-state index in [2.05, 4.69) is 21.9 Å². The highest BCUT2D eigenvalue weighted by molar-refractivity contribution is 9.10. The number of hydrogen-bond acceptors (Lipinski definition) is 1. The van der Waals surface area contributed by atoms with Crippen LogP contribution in [0.15, 0.2) is 16.6 Å². The van der Waals surface area contributed by atoms with Crippen molar-refractivity contribution < 1.29 is 4.79 Å². The van der Waals surface area contributed by atoms with Crippen molar-refractivity contribution in [3.05, 3.63) is 33.3 Å². The SMILES string of the molecule is C#CC(=O)c1cc(C)c(Br)c(C)c1. The minimum atomic E-state index is -0.265. The molecule has 0 unspecified atom stereocenters. The van der Waals surface area contributed by atoms with Crippen molar-refractivity contribution in [3.63, 3.8) is 0 Å². The van der Waals surface area contributed by atoms with Gasteiger partial charge in [0.05, 0.1) is 0 Å². The fraction of sp³-hybridized carbons (Fsp3) is 0.182. The largest absolute Gasteiger partial charge is 0.279 e. The molecule has 0 atom stereocenters. The lowest BCUT2D eigenvalue weighted by Gasteiger charge is -2.04. The van der Waals surface area contributed by atoms with Crippen LogP contribution in [0.2, 0.25) is 0 Å². The molecule has 1 rings (SSSR count). The molecule has 0 aromatic heterocycles. The van der Waals surface area contributed by atoms with Gasteiger partial charge in [0.1, 0.15) is 0 Å². The van der Waals surface area contributed by atoms with Crippen molar-refractivity contribution in [1.82, 2.24) is 0 Å². The van der Waals surface area contributed by atoms with Gasteiger partial charge in [0, 0.05) is 10.0 Å². The number of hydrogen-bond donors (Lipinski definition) is 0. The molecular weight excluding hydrogens is 228 g/mol. The van der Waals surface area contributed by atoms with E-state index in [1.165, 1.54) is 0 Å². The summed E-state index contributed by atoms with van der Waals surface area (Å²) in [6.07, 6.45) is 5.03. The topological polar surface area (TPSA) is 17.1 Å². The number of aryl methyl sites for hydroxylation is 2. The molecule has 1 aromatic rings. The molecule has 1 nitrogen and oxygen atoms in total. The van der Waals surface area contributed by atoms with E-state index in [1.54, 1.807) is 12.1 Å². The Morgan fingerprint density at radius 1 is 1.38 bits per heavy atom. The van der Waals surface area contributed by atoms with E-state index < -0.39 is 0 Å². The molecule has 0 amide bonds. The molecule has 1 aromatic carbocycles. The molecule has 0 aliphatic carbocycles. The van der Waals surface area contributed by atoms with Gasteiger partial charge in [-0.2, -0.15) is 0 Å². The highest BCUT2D eigenvalue weighted by Gasteiger charge is 2.06. The molecule has 13 heavy (non-hydrogen) atoms. The van der Waals surface area contributed by atoms with Crippen LogP contribution in [0.5, 0.6) is 0 Å². The summed E-state index contributed by atoms with van der Waals surface area (Å²) in [6, 6.07) is 3.58. The van der Waals surface area contributed by atoms with E-state index in [9.17, 15) is 4.79 Å². The van der Waals surface area contributed by atoms with Crippen molar-refractivity contribution in [2.75, 3.05) is 0 Å². The Balaban J connectivity index is 3.30. The molecule has 0 saturated carbocycles. The second-order valence-electron chi connectivity index (χ2n) is 2.90. The highest BCUT2D eigenvalue weighted by atomic mass is 79.9. The zero-order chi connectivity index (χ0) is 10.0. The summed E-state index contributed by atoms with van der Waals surface area (Å²) in [4.78, 5) is 11.2. The molecule has 0 fully saturated rings. The van der Waals surface area contributed by atoms with Crippen LogP contribution in [-0.2, 0) is 0 Å². The number of carbonyl (C=O) groups is 1. The summed E-state index contributed by atoms with van der Waals surface area (Å²) in [7, 11) is 0. The van der Waals surface area contributed by atoms with E-state index in [1.807, 2.05) is 13.8 Å². The van der Waals surface area contributed by atoms with Crippen LogP contribution in [0.1, 0.15) is 21.5 Å². The van der Waals surface area contributed by atoms with Crippen molar-refractivity contribution in [3.8, 4) is 12.3 Å². The molecular formula is C11H9BrO. The third-order valence-electron chi connectivity index (χ3n) is 1.83. The smallest absolute Gasteiger partial charge is 0.235 e. The van der Waals surface area contributed by atoms with Crippen LogP contribution in [0.3, 0.4) is 0 Å². The third kappa shape index (κ3) is 1.99. The molecule has 0 bridgehead atoms. The molecule has 0 radical (unpaired) electrons. The Kier molecular flexibility index (Phi) is 2.90. The van der Waals surface area contributed by atoms with E-state index >= 15 is 0 Å². The van der Waals surface area contributed by atoms with Crippen LogP contribution in [-0.4, -0.2) is 5.78 Å². The van der Waals surface area contributed by atoms with Gasteiger partial charge >= 0.3 is 0 Å². The summed E-state index contributed by atoms with van der Waals surface area (Å²) in [5, 5.41) is 0. The maximum absolute atomic E-state index is 11.2. The zero-order valence-electron chi connectivity index (χ0n) is 7.52. The van der Waals surface area contributed by atoms with Gasteiger partial charge in [-0.1, -0.05) is 15.9 Å². The van der Waals surface area contributed by atoms with Gasteiger partial charge in [0.15, 0.2) is 0 Å². The number of halogens is 1. The second-order valence-corrected chi connectivity index (χ2v) is 3.69. The highest BCUT2D eigenvalue weighted by Crippen LogP contribution is 2.22. The van der Waals surface area contributed by atoms with Crippen molar-refractivity contribution >= 4 is 21.7 Å². The fourth-order valence-electron chi connectivity index (χ4n) is 1.16. The first-order chi connectivity index (χ1) is 6.06.